The second kappa shape index (κ2) is 11.9. The Bertz CT molecular complexity index is 1070. The summed E-state index contributed by atoms with van der Waals surface area (Å²) in [6.07, 6.45) is 8.30. The second-order valence-electron chi connectivity index (χ2n) is 9.59. The van der Waals surface area contributed by atoms with Gasteiger partial charge in [0, 0.05) is 38.9 Å². The van der Waals surface area contributed by atoms with Crippen LogP contribution in [0.15, 0.2) is 23.3 Å². The van der Waals surface area contributed by atoms with E-state index >= 15 is 0 Å². The van der Waals surface area contributed by atoms with Gasteiger partial charge in [0.15, 0.2) is 11.5 Å². The van der Waals surface area contributed by atoms with E-state index in [-0.39, 0.29) is 18.0 Å². The normalized spacial score (nSPS) is 20.4. The van der Waals surface area contributed by atoms with Crippen LogP contribution in [-0.2, 0) is 16.1 Å². The van der Waals surface area contributed by atoms with Crippen LogP contribution in [0.25, 0.3) is 10.9 Å². The Kier molecular flexibility index (Phi) is 8.62. The molecule has 2 aromatic rings. The summed E-state index contributed by atoms with van der Waals surface area (Å²) in [6, 6.07) is 3.86. The number of carbonyl (C=O) groups is 1. The summed E-state index contributed by atoms with van der Waals surface area (Å²) in [7, 11) is 4.75. The predicted molar refractivity (Wildman–Crippen MR) is 134 cm³/mol. The van der Waals surface area contributed by atoms with Crippen LogP contribution in [0.5, 0.6) is 11.5 Å². The lowest BCUT2D eigenvalue weighted by Gasteiger charge is -2.45. The number of rotatable bonds is 10. The first-order valence-electron chi connectivity index (χ1n) is 12.7. The molecule has 1 aromatic carbocycles. The van der Waals surface area contributed by atoms with E-state index in [0.29, 0.717) is 47.5 Å². The maximum Gasteiger partial charge on any atom is 0.261 e. The van der Waals surface area contributed by atoms with Crippen LogP contribution in [0, 0.1) is 5.92 Å². The van der Waals surface area contributed by atoms with Gasteiger partial charge in [-0.1, -0.05) is 6.42 Å². The van der Waals surface area contributed by atoms with Crippen molar-refractivity contribution >= 4 is 16.8 Å². The molecule has 2 atom stereocenters. The summed E-state index contributed by atoms with van der Waals surface area (Å²) in [6.45, 7) is 4.25. The van der Waals surface area contributed by atoms with Crippen molar-refractivity contribution in [2.45, 2.75) is 51.1 Å². The molecule has 1 amide bonds. The number of amides is 1. The Morgan fingerprint density at radius 1 is 1.09 bits per heavy atom. The minimum atomic E-state index is -0.266. The number of carbonyl (C=O) groups excluding carboxylic acids is 1. The molecule has 192 valence electrons. The van der Waals surface area contributed by atoms with Gasteiger partial charge in [-0.25, -0.2) is 4.98 Å². The van der Waals surface area contributed by atoms with Crippen molar-refractivity contribution in [3.8, 4) is 11.5 Å². The second-order valence-corrected chi connectivity index (χ2v) is 9.59. The largest absolute Gasteiger partial charge is 0.493 e. The third-order valence-corrected chi connectivity index (χ3v) is 7.45. The summed E-state index contributed by atoms with van der Waals surface area (Å²) in [4.78, 5) is 35.7. The molecular formula is C26H38N4O5. The molecule has 2 saturated heterocycles. The molecule has 0 aliphatic carbocycles. The van der Waals surface area contributed by atoms with E-state index in [1.807, 2.05) is 4.90 Å². The number of hydrogen-bond donors (Lipinski definition) is 0. The average molecular weight is 487 g/mol. The third kappa shape index (κ3) is 5.78. The maximum absolute atomic E-state index is 13.5. The number of aromatic nitrogens is 2. The highest BCUT2D eigenvalue weighted by atomic mass is 16.5. The minimum Gasteiger partial charge on any atom is -0.493 e. The molecule has 0 spiro atoms. The molecule has 2 fully saturated rings. The first-order valence-corrected chi connectivity index (χ1v) is 12.7. The standard InChI is InChI=1S/C26H38N4O5/c1-33-13-7-12-29(16-19-8-6-11-28-10-5-4-9-22(19)28)25(31)17-30-18-27-21-15-24(35-3)23(34-2)14-20(21)26(30)32/h14-15,18-19,22H,4-13,16-17H2,1-3H3/t19-,22+/m0/s1. The van der Waals surface area contributed by atoms with Crippen LogP contribution in [0.4, 0.5) is 0 Å². The average Bonchev–Trinajstić information content (AvgIpc) is 2.89. The Balaban J connectivity index is 1.54. The predicted octanol–water partition coefficient (Wildman–Crippen LogP) is 2.54. The number of piperidine rings is 2. The summed E-state index contributed by atoms with van der Waals surface area (Å²) in [5, 5.41) is 0.397. The van der Waals surface area contributed by atoms with Crippen molar-refractivity contribution in [2.24, 2.45) is 5.92 Å². The fourth-order valence-corrected chi connectivity index (χ4v) is 5.63. The first kappa shape index (κ1) is 25.4. The van der Waals surface area contributed by atoms with Gasteiger partial charge in [-0.2, -0.15) is 0 Å². The summed E-state index contributed by atoms with van der Waals surface area (Å²) >= 11 is 0. The van der Waals surface area contributed by atoms with E-state index in [0.717, 1.165) is 19.4 Å². The smallest absolute Gasteiger partial charge is 0.261 e. The van der Waals surface area contributed by atoms with E-state index in [2.05, 4.69) is 9.88 Å². The van der Waals surface area contributed by atoms with Gasteiger partial charge < -0.3 is 24.0 Å². The molecule has 2 aliphatic rings. The Morgan fingerprint density at radius 3 is 2.63 bits per heavy atom. The van der Waals surface area contributed by atoms with Gasteiger partial charge in [0.1, 0.15) is 6.54 Å². The highest BCUT2D eigenvalue weighted by molar-refractivity contribution is 5.82. The van der Waals surface area contributed by atoms with Crippen molar-refractivity contribution in [3.05, 3.63) is 28.8 Å². The summed E-state index contributed by atoms with van der Waals surface area (Å²) in [5.41, 5.74) is 0.241. The van der Waals surface area contributed by atoms with Crippen molar-refractivity contribution in [1.82, 2.24) is 19.4 Å². The number of ether oxygens (including phenoxy) is 3. The van der Waals surface area contributed by atoms with Gasteiger partial charge in [0.05, 0.1) is 31.4 Å². The van der Waals surface area contributed by atoms with Gasteiger partial charge in [-0.05, 0) is 57.2 Å². The lowest BCUT2D eigenvalue weighted by Crippen LogP contribution is -2.52. The van der Waals surface area contributed by atoms with Crippen molar-refractivity contribution in [3.63, 3.8) is 0 Å². The van der Waals surface area contributed by atoms with Crippen LogP contribution in [0.3, 0.4) is 0 Å². The molecule has 4 rings (SSSR count). The van der Waals surface area contributed by atoms with Gasteiger partial charge in [-0.15, -0.1) is 0 Å². The van der Waals surface area contributed by atoms with Crippen LogP contribution < -0.4 is 15.0 Å². The lowest BCUT2D eigenvalue weighted by atomic mass is 9.83. The molecular weight excluding hydrogens is 448 g/mol. The molecule has 0 N–H and O–H groups in total. The van der Waals surface area contributed by atoms with Crippen LogP contribution in [0.1, 0.15) is 38.5 Å². The van der Waals surface area contributed by atoms with Gasteiger partial charge in [-0.3, -0.25) is 14.2 Å². The van der Waals surface area contributed by atoms with E-state index in [4.69, 9.17) is 14.2 Å². The first-order chi connectivity index (χ1) is 17.0. The van der Waals surface area contributed by atoms with Gasteiger partial charge in [0.2, 0.25) is 5.91 Å². The molecule has 0 radical (unpaired) electrons. The SMILES string of the molecule is COCCCN(C[C@@H]1CCCN2CCCC[C@H]12)C(=O)Cn1cnc2cc(OC)c(OC)cc2c1=O. The van der Waals surface area contributed by atoms with Crippen LogP contribution in [-0.4, -0.2) is 85.4 Å². The van der Waals surface area contributed by atoms with Crippen molar-refractivity contribution < 1.29 is 19.0 Å². The summed E-state index contributed by atoms with van der Waals surface area (Å²) in [5.74, 6) is 1.38. The molecule has 2 aliphatic heterocycles. The molecule has 0 saturated carbocycles. The molecule has 35 heavy (non-hydrogen) atoms. The van der Waals surface area contributed by atoms with Crippen LogP contribution in [0.2, 0.25) is 0 Å². The molecule has 9 heteroatoms. The zero-order valence-corrected chi connectivity index (χ0v) is 21.2. The molecule has 3 heterocycles. The topological polar surface area (TPSA) is 86.1 Å². The zero-order valence-electron chi connectivity index (χ0n) is 21.2. The van der Waals surface area contributed by atoms with Crippen molar-refractivity contribution in [2.75, 3.05) is 54.1 Å². The maximum atomic E-state index is 13.5. The highest BCUT2D eigenvalue weighted by Crippen LogP contribution is 2.32. The van der Waals surface area contributed by atoms with E-state index < -0.39 is 0 Å². The molecule has 0 unspecified atom stereocenters. The van der Waals surface area contributed by atoms with Gasteiger partial charge in [0.25, 0.3) is 5.56 Å². The molecule has 1 aromatic heterocycles. The summed E-state index contributed by atoms with van der Waals surface area (Å²) < 4.78 is 17.3. The van der Waals surface area contributed by atoms with E-state index in [1.54, 1.807) is 26.4 Å². The number of nitrogens with zero attached hydrogens (tertiary/aromatic N) is 4. The Morgan fingerprint density at radius 2 is 1.86 bits per heavy atom. The quantitative estimate of drug-likeness (QED) is 0.477. The monoisotopic (exact) mass is 486 g/mol. The minimum absolute atomic E-state index is 0.0375. The number of fused-ring (bicyclic) bond motifs is 2. The molecule has 0 bridgehead atoms. The fourth-order valence-electron chi connectivity index (χ4n) is 5.63. The van der Waals surface area contributed by atoms with Crippen molar-refractivity contribution in [1.29, 1.82) is 0 Å². The number of methoxy groups -OCH3 is 3. The lowest BCUT2D eigenvalue weighted by molar-refractivity contribution is -0.133. The molecule has 9 nitrogen and oxygen atoms in total. The highest BCUT2D eigenvalue weighted by Gasteiger charge is 2.34. The fraction of sp³-hybridized carbons (Fsp3) is 0.654. The Hall–Kier alpha value is -2.65. The Labute approximate surface area is 207 Å². The zero-order chi connectivity index (χ0) is 24.8. The van der Waals surface area contributed by atoms with Crippen LogP contribution >= 0.6 is 0 Å². The van der Waals surface area contributed by atoms with E-state index in [1.165, 1.54) is 56.8 Å². The number of hydrogen-bond acceptors (Lipinski definition) is 7. The van der Waals surface area contributed by atoms with Gasteiger partial charge >= 0.3 is 0 Å². The number of benzene rings is 1. The van der Waals surface area contributed by atoms with E-state index in [9.17, 15) is 9.59 Å². The third-order valence-electron chi connectivity index (χ3n) is 7.45.